The molecule has 30 heavy (non-hydrogen) atoms. The van der Waals surface area contributed by atoms with Gasteiger partial charge in [0.05, 0.1) is 16.6 Å². The number of aliphatic carboxylic acids is 1. The third-order valence-corrected chi connectivity index (χ3v) is 7.63. The van der Waals surface area contributed by atoms with Gasteiger partial charge in [-0.05, 0) is 36.8 Å². The SMILES string of the molecule is C=CCOC(=O)[C@H]1[C@@H](C(=O)O)[C@H]2CC3(CC3)CN2[C@]12C(=O)Nc1c(Cl)cc(Cl)cc12. The predicted molar refractivity (Wildman–Crippen MR) is 109 cm³/mol. The highest BCUT2D eigenvalue weighted by molar-refractivity contribution is 6.38. The van der Waals surface area contributed by atoms with Crippen molar-refractivity contribution in [1.82, 2.24) is 4.90 Å². The zero-order valence-corrected chi connectivity index (χ0v) is 17.5. The lowest BCUT2D eigenvalue weighted by molar-refractivity contribution is -0.160. The van der Waals surface area contributed by atoms with Gasteiger partial charge in [0.25, 0.3) is 5.91 Å². The molecule has 0 bridgehead atoms. The quantitative estimate of drug-likeness (QED) is 0.540. The molecule has 7 nitrogen and oxygen atoms in total. The highest BCUT2D eigenvalue weighted by Crippen LogP contribution is 2.66. The van der Waals surface area contributed by atoms with Gasteiger partial charge in [0.15, 0.2) is 0 Å². The van der Waals surface area contributed by atoms with Crippen LogP contribution in [0.15, 0.2) is 24.8 Å². The number of benzene rings is 1. The smallest absolute Gasteiger partial charge is 0.313 e. The average molecular weight is 451 g/mol. The number of carboxylic acids is 1. The fourth-order valence-corrected chi connectivity index (χ4v) is 6.33. The number of ether oxygens (including phenoxy) is 1. The molecule has 9 heteroatoms. The number of amides is 1. The molecular weight excluding hydrogens is 431 g/mol. The van der Waals surface area contributed by atoms with Crippen molar-refractivity contribution >= 4 is 46.7 Å². The molecule has 3 aliphatic heterocycles. The van der Waals surface area contributed by atoms with Gasteiger partial charge in [-0.2, -0.15) is 0 Å². The van der Waals surface area contributed by atoms with Gasteiger partial charge >= 0.3 is 11.9 Å². The van der Waals surface area contributed by atoms with Gasteiger partial charge in [0.1, 0.15) is 18.1 Å². The van der Waals surface area contributed by atoms with E-state index >= 15 is 0 Å². The number of nitrogens with one attached hydrogen (secondary N) is 1. The van der Waals surface area contributed by atoms with Crippen LogP contribution in [-0.4, -0.2) is 47.0 Å². The maximum atomic E-state index is 13.6. The van der Waals surface area contributed by atoms with Crippen LogP contribution in [-0.2, 0) is 24.7 Å². The number of halogens is 2. The summed E-state index contributed by atoms with van der Waals surface area (Å²) in [6.07, 6.45) is 4.01. The minimum atomic E-state index is -1.53. The van der Waals surface area contributed by atoms with Crippen molar-refractivity contribution in [3.63, 3.8) is 0 Å². The molecule has 2 N–H and O–H groups in total. The molecule has 2 saturated heterocycles. The number of hydrogen-bond acceptors (Lipinski definition) is 5. The fraction of sp³-hybridized carbons (Fsp3) is 0.476. The Hall–Kier alpha value is -2.09. The van der Waals surface area contributed by atoms with Crippen molar-refractivity contribution in [2.24, 2.45) is 17.3 Å². The van der Waals surface area contributed by atoms with Crippen LogP contribution in [0.5, 0.6) is 0 Å². The van der Waals surface area contributed by atoms with Crippen molar-refractivity contribution in [2.75, 3.05) is 18.5 Å². The van der Waals surface area contributed by atoms with Crippen molar-refractivity contribution in [3.05, 3.63) is 40.4 Å². The number of carboxylic acid groups (broad SMARTS) is 1. The first-order chi connectivity index (χ1) is 14.2. The van der Waals surface area contributed by atoms with Crippen LogP contribution in [0.1, 0.15) is 24.8 Å². The van der Waals surface area contributed by atoms with Crippen LogP contribution in [0, 0.1) is 17.3 Å². The predicted octanol–water partition coefficient (Wildman–Crippen LogP) is 3.06. The van der Waals surface area contributed by atoms with Gasteiger partial charge in [0, 0.05) is 23.2 Å². The van der Waals surface area contributed by atoms with Gasteiger partial charge in [-0.15, -0.1) is 0 Å². The van der Waals surface area contributed by atoms with E-state index in [4.69, 9.17) is 27.9 Å². The zero-order valence-electron chi connectivity index (χ0n) is 16.0. The summed E-state index contributed by atoms with van der Waals surface area (Å²) in [6, 6.07) is 2.66. The lowest BCUT2D eigenvalue weighted by Gasteiger charge is -2.36. The molecule has 0 aromatic heterocycles. The first-order valence-corrected chi connectivity index (χ1v) is 10.6. The fourth-order valence-electron chi connectivity index (χ4n) is 5.79. The van der Waals surface area contributed by atoms with E-state index in [2.05, 4.69) is 11.9 Å². The molecule has 1 aromatic carbocycles. The van der Waals surface area contributed by atoms with Crippen molar-refractivity contribution in [2.45, 2.75) is 30.8 Å². The summed E-state index contributed by atoms with van der Waals surface area (Å²) < 4.78 is 5.31. The van der Waals surface area contributed by atoms with E-state index in [-0.39, 0.29) is 17.0 Å². The number of rotatable bonds is 4. The lowest BCUT2D eigenvalue weighted by atomic mass is 9.73. The first kappa shape index (κ1) is 19.8. The molecule has 3 fully saturated rings. The second-order valence-corrected chi connectivity index (χ2v) is 9.53. The summed E-state index contributed by atoms with van der Waals surface area (Å²) >= 11 is 12.6. The van der Waals surface area contributed by atoms with Crippen molar-refractivity contribution < 1.29 is 24.2 Å². The summed E-state index contributed by atoms with van der Waals surface area (Å²) in [6.45, 7) is 4.02. The Morgan fingerprint density at radius 1 is 1.37 bits per heavy atom. The van der Waals surface area contributed by atoms with Crippen LogP contribution in [0.4, 0.5) is 5.69 Å². The molecule has 2 spiro atoms. The van der Waals surface area contributed by atoms with Gasteiger partial charge in [-0.1, -0.05) is 35.9 Å². The van der Waals surface area contributed by atoms with Crippen molar-refractivity contribution in [3.8, 4) is 0 Å². The van der Waals surface area contributed by atoms with Crippen LogP contribution in [0.2, 0.25) is 10.0 Å². The Kier molecular flexibility index (Phi) is 4.27. The molecule has 5 rings (SSSR count). The number of fused-ring (bicyclic) bond motifs is 4. The second kappa shape index (κ2) is 6.45. The van der Waals surface area contributed by atoms with Crippen LogP contribution >= 0.6 is 23.2 Å². The molecule has 1 aromatic rings. The molecule has 1 amide bonds. The van der Waals surface area contributed by atoms with Crippen molar-refractivity contribution in [1.29, 1.82) is 0 Å². The van der Waals surface area contributed by atoms with E-state index in [1.165, 1.54) is 12.1 Å². The topological polar surface area (TPSA) is 95.9 Å². The second-order valence-electron chi connectivity index (χ2n) is 8.69. The standard InChI is InChI=1S/C21H20Cl2N2O5/c1-2-5-30-18(28)15-14(17(26)27)13-8-20(3-4-20)9-25(13)21(15)11-6-10(22)7-12(23)16(11)24-19(21)29/h2,6-7,13-15H,1,3-5,8-9H2,(H,24,29)(H,26,27)/t13-,14+,15-,21+/m1/s1. The van der Waals surface area contributed by atoms with E-state index in [0.717, 1.165) is 12.8 Å². The lowest BCUT2D eigenvalue weighted by Crippen LogP contribution is -2.54. The maximum Gasteiger partial charge on any atom is 0.313 e. The third kappa shape index (κ3) is 2.46. The maximum absolute atomic E-state index is 13.6. The van der Waals surface area contributed by atoms with Gasteiger partial charge in [0.2, 0.25) is 0 Å². The molecule has 3 heterocycles. The third-order valence-electron chi connectivity index (χ3n) is 7.11. The Bertz CT molecular complexity index is 1010. The minimum absolute atomic E-state index is 0.00671. The molecule has 4 atom stereocenters. The number of anilines is 1. The molecule has 0 radical (unpaired) electrons. The summed E-state index contributed by atoms with van der Waals surface area (Å²) in [7, 11) is 0. The van der Waals surface area contributed by atoms with Gasteiger partial charge < -0.3 is 15.2 Å². The largest absolute Gasteiger partial charge is 0.481 e. The van der Waals surface area contributed by atoms with Gasteiger partial charge in [-0.3, -0.25) is 19.3 Å². The van der Waals surface area contributed by atoms with Crippen LogP contribution in [0.3, 0.4) is 0 Å². The number of carbonyl (C=O) groups excluding carboxylic acids is 2. The summed E-state index contributed by atoms with van der Waals surface area (Å²) in [5.41, 5.74) is -0.708. The van der Waals surface area contributed by atoms with Gasteiger partial charge in [-0.25, -0.2) is 0 Å². The van der Waals surface area contributed by atoms with E-state index in [9.17, 15) is 19.5 Å². The van der Waals surface area contributed by atoms with Crippen LogP contribution in [0.25, 0.3) is 0 Å². The Morgan fingerprint density at radius 2 is 2.10 bits per heavy atom. The number of hydrogen-bond donors (Lipinski definition) is 2. The molecule has 1 saturated carbocycles. The van der Waals surface area contributed by atoms with E-state index < -0.39 is 41.3 Å². The van der Waals surface area contributed by atoms with E-state index in [1.54, 1.807) is 6.07 Å². The first-order valence-electron chi connectivity index (χ1n) is 9.83. The Labute approximate surface area is 183 Å². The molecular formula is C21H20Cl2N2O5. The van der Waals surface area contributed by atoms with E-state index in [1.807, 2.05) is 4.90 Å². The highest BCUT2D eigenvalue weighted by atomic mass is 35.5. The number of carbonyl (C=O) groups is 3. The molecule has 0 unspecified atom stereocenters. The number of nitrogens with zero attached hydrogens (tertiary/aromatic N) is 1. The highest BCUT2D eigenvalue weighted by Gasteiger charge is 2.75. The zero-order chi connectivity index (χ0) is 21.4. The summed E-state index contributed by atoms with van der Waals surface area (Å²) in [5.74, 6) is -4.63. The average Bonchev–Trinajstić information content (AvgIpc) is 3.11. The molecule has 158 valence electrons. The Morgan fingerprint density at radius 3 is 2.73 bits per heavy atom. The molecule has 1 aliphatic carbocycles. The normalized spacial score (nSPS) is 32.7. The monoisotopic (exact) mass is 450 g/mol. The summed E-state index contributed by atoms with van der Waals surface area (Å²) in [4.78, 5) is 41.1. The Balaban J connectivity index is 1.75. The number of esters is 1. The minimum Gasteiger partial charge on any atom is -0.481 e. The molecule has 4 aliphatic rings. The van der Waals surface area contributed by atoms with E-state index in [0.29, 0.717) is 29.2 Å². The van der Waals surface area contributed by atoms with Crippen LogP contribution < -0.4 is 5.32 Å². The summed E-state index contributed by atoms with van der Waals surface area (Å²) in [5, 5.41) is 13.5.